The van der Waals surface area contributed by atoms with Gasteiger partial charge in [-0.25, -0.2) is 9.67 Å². The van der Waals surface area contributed by atoms with Crippen LogP contribution in [0.15, 0.2) is 59.9 Å². The molecule has 2 aromatic heterocycles. The Kier molecular flexibility index (Phi) is 6.07. The molecule has 3 aromatic rings. The van der Waals surface area contributed by atoms with Crippen LogP contribution in [0.2, 0.25) is 0 Å². The highest BCUT2D eigenvalue weighted by molar-refractivity contribution is 5.95. The molecular formula is C21H23N5O4. The van der Waals surface area contributed by atoms with Crippen LogP contribution in [0, 0.1) is 5.92 Å². The number of benzene rings is 1. The van der Waals surface area contributed by atoms with Gasteiger partial charge in [-0.1, -0.05) is 6.07 Å². The van der Waals surface area contributed by atoms with Crippen LogP contribution in [-0.2, 0) is 11.3 Å². The molecule has 9 nitrogen and oxygen atoms in total. The molecule has 30 heavy (non-hydrogen) atoms. The zero-order chi connectivity index (χ0) is 20.8. The number of anilines is 1. The van der Waals surface area contributed by atoms with E-state index in [1.165, 1.54) is 18.9 Å². The lowest BCUT2D eigenvalue weighted by atomic mass is 9.95. The molecule has 2 amide bonds. The Morgan fingerprint density at radius 1 is 1.23 bits per heavy atom. The van der Waals surface area contributed by atoms with Crippen LogP contribution < -0.4 is 10.1 Å². The average Bonchev–Trinajstić information content (AvgIpc) is 3.48. The molecule has 0 spiro atoms. The molecule has 0 radical (unpaired) electrons. The predicted molar refractivity (Wildman–Crippen MR) is 108 cm³/mol. The zero-order valence-corrected chi connectivity index (χ0v) is 16.4. The summed E-state index contributed by atoms with van der Waals surface area (Å²) in [5, 5.41) is 6.99. The van der Waals surface area contributed by atoms with Crippen LogP contribution in [0.3, 0.4) is 0 Å². The number of hydrogen-bond acceptors (Lipinski definition) is 6. The molecular weight excluding hydrogens is 386 g/mol. The molecule has 1 aromatic carbocycles. The quantitative estimate of drug-likeness (QED) is 0.643. The van der Waals surface area contributed by atoms with Gasteiger partial charge in [0.05, 0.1) is 18.4 Å². The monoisotopic (exact) mass is 409 g/mol. The third-order valence-corrected chi connectivity index (χ3v) is 5.08. The van der Waals surface area contributed by atoms with Gasteiger partial charge in [0.25, 0.3) is 5.91 Å². The van der Waals surface area contributed by atoms with Gasteiger partial charge in [-0.3, -0.25) is 9.59 Å². The molecule has 4 rings (SSSR count). The van der Waals surface area contributed by atoms with Gasteiger partial charge >= 0.3 is 0 Å². The molecule has 1 N–H and O–H groups in total. The van der Waals surface area contributed by atoms with Crippen LogP contribution in [0.5, 0.6) is 5.75 Å². The van der Waals surface area contributed by atoms with Crippen molar-refractivity contribution in [2.45, 2.75) is 19.4 Å². The highest BCUT2D eigenvalue weighted by Gasteiger charge is 2.28. The van der Waals surface area contributed by atoms with Crippen molar-refractivity contribution in [1.29, 1.82) is 0 Å². The number of hydrogen-bond donors (Lipinski definition) is 1. The number of nitrogens with one attached hydrogen (secondary N) is 1. The maximum atomic E-state index is 12.7. The van der Waals surface area contributed by atoms with Crippen LogP contribution in [0.25, 0.3) is 0 Å². The summed E-state index contributed by atoms with van der Waals surface area (Å²) in [6.07, 6.45) is 7.30. The first-order chi connectivity index (χ1) is 14.7. The molecule has 3 heterocycles. The van der Waals surface area contributed by atoms with Crippen LogP contribution >= 0.6 is 0 Å². The third kappa shape index (κ3) is 4.86. The topological polar surface area (TPSA) is 102 Å². The number of ether oxygens (including phenoxy) is 1. The van der Waals surface area contributed by atoms with Crippen molar-refractivity contribution in [2.24, 2.45) is 5.92 Å². The normalized spacial score (nSPS) is 14.5. The van der Waals surface area contributed by atoms with Gasteiger partial charge in [0.2, 0.25) is 5.91 Å². The minimum Gasteiger partial charge on any atom is -0.492 e. The van der Waals surface area contributed by atoms with E-state index in [0.717, 1.165) is 0 Å². The number of piperidine rings is 1. The Balaban J connectivity index is 1.25. The number of likely N-dealkylation sites (tertiary alicyclic amines) is 1. The first-order valence-electron chi connectivity index (χ1n) is 9.86. The zero-order valence-electron chi connectivity index (χ0n) is 16.4. The number of aromatic nitrogens is 3. The Morgan fingerprint density at radius 2 is 2.10 bits per heavy atom. The summed E-state index contributed by atoms with van der Waals surface area (Å²) < 4.78 is 12.4. The maximum absolute atomic E-state index is 12.7. The van der Waals surface area contributed by atoms with E-state index in [2.05, 4.69) is 15.4 Å². The Labute approximate surface area is 173 Å². The lowest BCUT2D eigenvalue weighted by Gasteiger charge is -2.31. The Bertz CT molecular complexity index is 963. The van der Waals surface area contributed by atoms with Crippen molar-refractivity contribution >= 4 is 17.5 Å². The van der Waals surface area contributed by atoms with Gasteiger partial charge in [-0.05, 0) is 31.0 Å². The summed E-state index contributed by atoms with van der Waals surface area (Å²) in [7, 11) is 0. The van der Waals surface area contributed by atoms with E-state index >= 15 is 0 Å². The molecule has 1 saturated heterocycles. The minimum atomic E-state index is -0.129. The van der Waals surface area contributed by atoms with Gasteiger partial charge in [-0.15, -0.1) is 0 Å². The summed E-state index contributed by atoms with van der Waals surface area (Å²) >= 11 is 0. The van der Waals surface area contributed by atoms with Gasteiger partial charge in [0.1, 0.15) is 31.3 Å². The molecule has 0 bridgehead atoms. The van der Waals surface area contributed by atoms with Crippen LogP contribution in [0.1, 0.15) is 23.2 Å². The molecule has 1 aliphatic rings. The first kappa shape index (κ1) is 19.7. The van der Waals surface area contributed by atoms with Crippen LogP contribution in [0.4, 0.5) is 5.69 Å². The Hall–Kier alpha value is -3.62. The summed E-state index contributed by atoms with van der Waals surface area (Å²) in [4.78, 5) is 30.7. The molecule has 9 heteroatoms. The van der Waals surface area contributed by atoms with Crippen molar-refractivity contribution in [3.8, 4) is 5.75 Å². The number of rotatable bonds is 7. The van der Waals surface area contributed by atoms with Crippen molar-refractivity contribution in [2.75, 3.05) is 25.0 Å². The second-order valence-corrected chi connectivity index (χ2v) is 7.10. The second kappa shape index (κ2) is 9.25. The minimum absolute atomic E-state index is 0.0369. The van der Waals surface area contributed by atoms with E-state index in [1.807, 2.05) is 18.2 Å². The van der Waals surface area contributed by atoms with Gasteiger partial charge in [-0.2, -0.15) is 5.10 Å². The molecule has 0 unspecified atom stereocenters. The van der Waals surface area contributed by atoms with Crippen LogP contribution in [-0.4, -0.2) is 51.2 Å². The standard InChI is InChI=1S/C21H23N5O4/c27-20(16-4-7-25(8-5-16)21(28)17-6-10-29-13-17)24-18-2-1-3-19(12-18)30-11-9-26-15-22-14-23-26/h1-3,6,10,12-16H,4-5,7-9,11H2,(H,24,27). The van der Waals surface area contributed by atoms with E-state index in [0.29, 0.717) is 56.1 Å². The van der Waals surface area contributed by atoms with Gasteiger partial charge < -0.3 is 19.4 Å². The largest absolute Gasteiger partial charge is 0.492 e. The number of furan rings is 1. The van der Waals surface area contributed by atoms with E-state index in [1.54, 1.807) is 28.0 Å². The SMILES string of the molecule is O=C(Nc1cccc(OCCn2cncn2)c1)C1CCN(C(=O)c2ccoc2)CC1. The smallest absolute Gasteiger partial charge is 0.257 e. The van der Waals surface area contributed by atoms with E-state index in [9.17, 15) is 9.59 Å². The number of amides is 2. The fourth-order valence-corrected chi connectivity index (χ4v) is 3.43. The van der Waals surface area contributed by atoms with Gasteiger partial charge in [0, 0.05) is 30.8 Å². The lowest BCUT2D eigenvalue weighted by molar-refractivity contribution is -0.121. The lowest BCUT2D eigenvalue weighted by Crippen LogP contribution is -2.41. The predicted octanol–water partition coefficient (Wildman–Crippen LogP) is 2.44. The fourth-order valence-electron chi connectivity index (χ4n) is 3.43. The van der Waals surface area contributed by atoms with Gasteiger partial charge in [0.15, 0.2) is 0 Å². The highest BCUT2D eigenvalue weighted by Crippen LogP contribution is 2.23. The average molecular weight is 409 g/mol. The summed E-state index contributed by atoms with van der Waals surface area (Å²) in [6, 6.07) is 8.97. The van der Waals surface area contributed by atoms with Crippen molar-refractivity contribution in [3.05, 3.63) is 61.1 Å². The molecule has 0 aliphatic carbocycles. The summed E-state index contributed by atoms with van der Waals surface area (Å²) in [5.41, 5.74) is 1.23. The fraction of sp³-hybridized carbons (Fsp3) is 0.333. The molecule has 1 aliphatic heterocycles. The van der Waals surface area contributed by atoms with E-state index in [4.69, 9.17) is 9.15 Å². The molecule has 0 atom stereocenters. The van der Waals surface area contributed by atoms with E-state index in [-0.39, 0.29) is 17.7 Å². The van der Waals surface area contributed by atoms with Crippen molar-refractivity contribution in [3.63, 3.8) is 0 Å². The summed E-state index contributed by atoms with van der Waals surface area (Å²) in [6.45, 7) is 2.14. The highest BCUT2D eigenvalue weighted by atomic mass is 16.5. The third-order valence-electron chi connectivity index (χ3n) is 5.08. The second-order valence-electron chi connectivity index (χ2n) is 7.10. The molecule has 1 fully saturated rings. The van der Waals surface area contributed by atoms with Crippen molar-refractivity contribution < 1.29 is 18.7 Å². The molecule has 156 valence electrons. The molecule has 0 saturated carbocycles. The number of carbonyl (C=O) groups excluding carboxylic acids is 2. The Morgan fingerprint density at radius 3 is 2.83 bits per heavy atom. The first-order valence-corrected chi connectivity index (χ1v) is 9.86. The number of carbonyl (C=O) groups is 2. The van der Waals surface area contributed by atoms with Crippen molar-refractivity contribution in [1.82, 2.24) is 19.7 Å². The number of nitrogens with zero attached hydrogens (tertiary/aromatic N) is 4. The maximum Gasteiger partial charge on any atom is 0.257 e. The van der Waals surface area contributed by atoms with E-state index < -0.39 is 0 Å². The summed E-state index contributed by atoms with van der Waals surface area (Å²) in [5.74, 6) is 0.451.